The molecule has 0 saturated carbocycles. The largest absolute Gasteiger partial charge is 0.310 e. The molecule has 0 radical (unpaired) electrons. The Morgan fingerprint density at radius 3 is 2.65 bits per heavy atom. The minimum absolute atomic E-state index is 0.0966. The molecule has 98 valence electrons. The topological polar surface area (TPSA) is 90.1 Å². The summed E-state index contributed by atoms with van der Waals surface area (Å²) < 4.78 is 23.8. The van der Waals surface area contributed by atoms with Gasteiger partial charge in [-0.25, -0.2) is 13.4 Å². The average molecular weight is 261 g/mol. The van der Waals surface area contributed by atoms with Crippen molar-refractivity contribution in [3.8, 4) is 0 Å². The van der Waals surface area contributed by atoms with Gasteiger partial charge in [0.05, 0.1) is 6.20 Å². The number of sulfonamides is 1. The van der Waals surface area contributed by atoms with Gasteiger partial charge in [0.25, 0.3) is 10.0 Å². The normalized spacial score (nSPS) is 12.6. The monoisotopic (exact) mass is 261 g/mol. The summed E-state index contributed by atoms with van der Waals surface area (Å²) in [5.41, 5.74) is 0.619. The Morgan fingerprint density at radius 2 is 2.12 bits per heavy atom. The molecule has 8 heteroatoms. The van der Waals surface area contributed by atoms with Crippen LogP contribution < -0.4 is 10.1 Å². The number of hydrogen-bond acceptors (Lipinski definition) is 5. The third-order valence-corrected chi connectivity index (χ3v) is 3.45. The maximum Gasteiger partial charge on any atom is 0.270 e. The Bertz CT molecular complexity index is 452. The summed E-state index contributed by atoms with van der Waals surface area (Å²) in [6.07, 6.45) is 1.51. The molecule has 0 aromatic carbocycles. The second-order valence-electron chi connectivity index (χ2n) is 4.25. The van der Waals surface area contributed by atoms with E-state index in [0.29, 0.717) is 12.1 Å². The molecule has 0 aliphatic rings. The molecule has 0 bridgehead atoms. The number of aromatic amines is 1. The molecule has 0 atom stereocenters. The lowest BCUT2D eigenvalue weighted by atomic mass is 10.3. The Hall–Kier alpha value is -0.960. The Kier molecular flexibility index (Phi) is 4.63. The van der Waals surface area contributed by atoms with Crippen molar-refractivity contribution < 1.29 is 8.42 Å². The third kappa shape index (κ3) is 4.08. The van der Waals surface area contributed by atoms with Crippen molar-refractivity contribution >= 4 is 10.0 Å². The Labute approximate surface area is 102 Å². The number of hydrazine groups is 1. The summed E-state index contributed by atoms with van der Waals surface area (Å²) in [5.74, 6) is 0. The van der Waals surface area contributed by atoms with Gasteiger partial charge in [0.15, 0.2) is 5.03 Å². The summed E-state index contributed by atoms with van der Waals surface area (Å²) in [6, 6.07) is 0.280. The van der Waals surface area contributed by atoms with Crippen molar-refractivity contribution in [2.75, 3.05) is 14.1 Å². The van der Waals surface area contributed by atoms with E-state index in [1.165, 1.54) is 11.2 Å². The van der Waals surface area contributed by atoms with E-state index in [1.54, 1.807) is 14.1 Å². The lowest BCUT2D eigenvalue weighted by Crippen LogP contribution is -2.37. The van der Waals surface area contributed by atoms with Crippen molar-refractivity contribution in [3.63, 3.8) is 0 Å². The number of nitrogens with zero attached hydrogens (tertiary/aromatic N) is 2. The molecule has 0 amide bonds. The second-order valence-corrected chi connectivity index (χ2v) is 5.85. The van der Waals surface area contributed by atoms with E-state index >= 15 is 0 Å². The lowest BCUT2D eigenvalue weighted by Gasteiger charge is -2.13. The molecule has 1 aromatic heterocycles. The SMILES string of the molecule is CC(C)NCc1cn[nH]c1S(=O)(=O)NN(C)C. The molecule has 1 rings (SSSR count). The van der Waals surface area contributed by atoms with Crippen LogP contribution in [0.4, 0.5) is 0 Å². The molecule has 0 saturated heterocycles. The second kappa shape index (κ2) is 5.58. The van der Waals surface area contributed by atoms with Gasteiger partial charge in [-0.3, -0.25) is 5.10 Å². The summed E-state index contributed by atoms with van der Waals surface area (Å²) in [5, 5.41) is 10.9. The fraction of sp³-hybridized carbons (Fsp3) is 0.667. The van der Waals surface area contributed by atoms with Gasteiger partial charge in [0.2, 0.25) is 0 Å². The van der Waals surface area contributed by atoms with Crippen LogP contribution in [0.5, 0.6) is 0 Å². The summed E-state index contributed by atoms with van der Waals surface area (Å²) in [6.45, 7) is 4.44. The summed E-state index contributed by atoms with van der Waals surface area (Å²) in [7, 11) is -0.355. The Balaban J connectivity index is 2.88. The maximum atomic E-state index is 11.9. The standard InChI is InChI=1S/C9H19N5O2S/c1-7(2)10-5-8-6-11-12-9(8)17(15,16)13-14(3)4/h6-7,10,13H,5H2,1-4H3,(H,11,12). The van der Waals surface area contributed by atoms with Crippen molar-refractivity contribution in [2.45, 2.75) is 31.5 Å². The molecule has 0 unspecified atom stereocenters. The molecule has 1 heterocycles. The molecular formula is C9H19N5O2S. The third-order valence-electron chi connectivity index (χ3n) is 1.95. The first-order valence-corrected chi connectivity index (χ1v) is 6.76. The summed E-state index contributed by atoms with van der Waals surface area (Å²) >= 11 is 0. The average Bonchev–Trinajstić information content (AvgIpc) is 2.60. The van der Waals surface area contributed by atoms with E-state index in [2.05, 4.69) is 20.3 Å². The molecular weight excluding hydrogens is 242 g/mol. The van der Waals surface area contributed by atoms with Crippen molar-refractivity contribution in [2.24, 2.45) is 0 Å². The van der Waals surface area contributed by atoms with E-state index in [1.807, 2.05) is 13.8 Å². The molecule has 0 aliphatic heterocycles. The first-order valence-electron chi connectivity index (χ1n) is 5.28. The smallest absolute Gasteiger partial charge is 0.270 e. The minimum Gasteiger partial charge on any atom is -0.310 e. The zero-order valence-corrected chi connectivity index (χ0v) is 11.3. The van der Waals surface area contributed by atoms with Crippen LogP contribution in [0.3, 0.4) is 0 Å². The van der Waals surface area contributed by atoms with Crippen LogP contribution in [0.15, 0.2) is 11.2 Å². The van der Waals surface area contributed by atoms with Crippen LogP contribution in [0.25, 0.3) is 0 Å². The van der Waals surface area contributed by atoms with Crippen LogP contribution in [0.1, 0.15) is 19.4 Å². The highest BCUT2D eigenvalue weighted by Gasteiger charge is 2.21. The van der Waals surface area contributed by atoms with Crippen molar-refractivity contribution in [3.05, 3.63) is 11.8 Å². The quantitative estimate of drug-likeness (QED) is 0.610. The number of rotatable bonds is 6. The molecule has 0 spiro atoms. The van der Waals surface area contributed by atoms with Gasteiger partial charge in [-0.15, -0.1) is 4.83 Å². The predicted molar refractivity (Wildman–Crippen MR) is 64.6 cm³/mol. The van der Waals surface area contributed by atoms with Gasteiger partial charge in [-0.05, 0) is 0 Å². The van der Waals surface area contributed by atoms with Crippen LogP contribution in [0, 0.1) is 0 Å². The van der Waals surface area contributed by atoms with E-state index in [4.69, 9.17) is 0 Å². The highest BCUT2D eigenvalue weighted by atomic mass is 32.2. The molecule has 1 aromatic rings. The van der Waals surface area contributed by atoms with Crippen LogP contribution in [-0.4, -0.2) is 43.8 Å². The van der Waals surface area contributed by atoms with E-state index in [-0.39, 0.29) is 11.1 Å². The van der Waals surface area contributed by atoms with Gasteiger partial charge >= 0.3 is 0 Å². The molecule has 3 N–H and O–H groups in total. The lowest BCUT2D eigenvalue weighted by molar-refractivity contribution is 0.363. The van der Waals surface area contributed by atoms with Crippen molar-refractivity contribution in [1.29, 1.82) is 0 Å². The van der Waals surface area contributed by atoms with Gasteiger partial charge in [-0.2, -0.15) is 5.10 Å². The predicted octanol–water partition coefficient (Wildman–Crippen LogP) is -0.337. The van der Waals surface area contributed by atoms with Gasteiger partial charge in [-0.1, -0.05) is 13.8 Å². The molecule has 7 nitrogen and oxygen atoms in total. The molecule has 0 fully saturated rings. The highest BCUT2D eigenvalue weighted by Crippen LogP contribution is 2.11. The van der Waals surface area contributed by atoms with E-state index in [9.17, 15) is 8.42 Å². The van der Waals surface area contributed by atoms with E-state index in [0.717, 1.165) is 0 Å². The Morgan fingerprint density at radius 1 is 1.47 bits per heavy atom. The van der Waals surface area contributed by atoms with E-state index < -0.39 is 10.0 Å². The first kappa shape index (κ1) is 14.1. The highest BCUT2D eigenvalue weighted by molar-refractivity contribution is 7.89. The number of H-pyrrole nitrogens is 1. The fourth-order valence-electron chi connectivity index (χ4n) is 1.26. The minimum atomic E-state index is -3.58. The van der Waals surface area contributed by atoms with Crippen LogP contribution in [0.2, 0.25) is 0 Å². The number of aromatic nitrogens is 2. The fourth-order valence-corrected chi connectivity index (χ4v) is 2.47. The van der Waals surface area contributed by atoms with Gasteiger partial charge < -0.3 is 5.32 Å². The zero-order valence-electron chi connectivity index (χ0n) is 10.5. The maximum absolute atomic E-state index is 11.9. The molecule has 0 aliphatic carbocycles. The first-order chi connectivity index (χ1) is 7.83. The zero-order chi connectivity index (χ0) is 13.1. The number of nitrogens with one attached hydrogen (secondary N) is 3. The van der Waals surface area contributed by atoms with Crippen molar-refractivity contribution in [1.82, 2.24) is 25.4 Å². The van der Waals surface area contributed by atoms with Crippen LogP contribution in [-0.2, 0) is 16.6 Å². The van der Waals surface area contributed by atoms with Crippen LogP contribution >= 0.6 is 0 Å². The number of hydrogen-bond donors (Lipinski definition) is 3. The van der Waals surface area contributed by atoms with Gasteiger partial charge in [0.1, 0.15) is 0 Å². The summed E-state index contributed by atoms with van der Waals surface area (Å²) in [4.78, 5) is 2.36. The van der Waals surface area contributed by atoms with Gasteiger partial charge in [0, 0.05) is 32.2 Å². The molecule has 17 heavy (non-hydrogen) atoms.